The molecular formula is C23H31F2N3O5S. The van der Waals surface area contributed by atoms with E-state index in [0.29, 0.717) is 22.5 Å². The number of carbonyl (C=O) groups excluding carboxylic acids is 1. The number of esters is 1. The number of hydrogen-bond donors (Lipinski definition) is 2. The second kappa shape index (κ2) is 11.7. The Balaban J connectivity index is 2.40. The molecule has 0 aliphatic carbocycles. The van der Waals surface area contributed by atoms with Gasteiger partial charge in [-0.1, -0.05) is 13.8 Å². The van der Waals surface area contributed by atoms with Crippen LogP contribution in [0.1, 0.15) is 50.8 Å². The highest BCUT2D eigenvalue weighted by Crippen LogP contribution is 2.31. The third-order valence-corrected chi connectivity index (χ3v) is 5.87. The fourth-order valence-corrected chi connectivity index (χ4v) is 3.93. The van der Waals surface area contributed by atoms with Gasteiger partial charge in [-0.3, -0.25) is 9.52 Å². The summed E-state index contributed by atoms with van der Waals surface area (Å²) in [5.41, 5.74) is 2.11. The number of alkyl halides is 1. The highest BCUT2D eigenvalue weighted by atomic mass is 32.2. The van der Waals surface area contributed by atoms with Gasteiger partial charge in [-0.25, -0.2) is 27.2 Å². The van der Waals surface area contributed by atoms with Crippen LogP contribution in [0.2, 0.25) is 0 Å². The van der Waals surface area contributed by atoms with Crippen molar-refractivity contribution in [2.24, 2.45) is 5.92 Å². The number of benzene rings is 1. The molecule has 11 heteroatoms. The van der Waals surface area contributed by atoms with Crippen molar-refractivity contribution in [3.05, 3.63) is 41.3 Å². The Morgan fingerprint density at radius 1 is 1.18 bits per heavy atom. The number of halogens is 2. The predicted molar refractivity (Wildman–Crippen MR) is 125 cm³/mol. The summed E-state index contributed by atoms with van der Waals surface area (Å²) in [5, 5.41) is 10.4. The third kappa shape index (κ3) is 7.69. The fourth-order valence-electron chi connectivity index (χ4n) is 3.51. The van der Waals surface area contributed by atoms with Crippen LogP contribution in [0.3, 0.4) is 0 Å². The molecule has 34 heavy (non-hydrogen) atoms. The van der Waals surface area contributed by atoms with Crippen molar-refractivity contribution in [3.8, 4) is 11.3 Å². The number of carbonyl (C=O) groups is 1. The number of aliphatic hydroxyl groups is 1. The molecule has 0 spiro atoms. The van der Waals surface area contributed by atoms with Gasteiger partial charge in [0.05, 0.1) is 36.8 Å². The Morgan fingerprint density at radius 2 is 1.79 bits per heavy atom. The maximum absolute atomic E-state index is 14.4. The average Bonchev–Trinajstić information content (AvgIpc) is 2.75. The van der Waals surface area contributed by atoms with Crippen molar-refractivity contribution < 1.29 is 31.8 Å². The van der Waals surface area contributed by atoms with E-state index in [1.165, 1.54) is 38.3 Å². The summed E-state index contributed by atoms with van der Waals surface area (Å²) >= 11 is 0. The zero-order valence-electron chi connectivity index (χ0n) is 19.9. The number of rotatable bonds is 11. The molecule has 188 valence electrons. The van der Waals surface area contributed by atoms with Crippen LogP contribution in [0.25, 0.3) is 11.3 Å². The number of anilines is 1. The summed E-state index contributed by atoms with van der Waals surface area (Å²) in [4.78, 5) is 20.3. The van der Waals surface area contributed by atoms with Crippen LogP contribution in [0.5, 0.6) is 0 Å². The third-order valence-electron chi connectivity index (χ3n) is 5.32. The number of nitrogens with one attached hydrogen (secondary N) is 1. The minimum atomic E-state index is -3.65. The Hall–Kier alpha value is -2.66. The molecule has 1 unspecified atom stereocenters. The van der Waals surface area contributed by atoms with Crippen LogP contribution in [0.15, 0.2) is 24.3 Å². The Bertz CT molecular complexity index is 1090. The molecule has 2 rings (SSSR count). The standard InChI is InChI=1S/C23H31F2N3O5S/c1-13(2)20-18(11-10-17(29)12-19(25)14(3)22(30)33-4)21(15-6-8-16(24)9-7-15)27-23(26-20)28-34(5,31)32/h6-9,13-14,17,19,29H,10-12H2,1-5H3,(H,26,27,28)/t14?,17-,19-/m0/s1. The van der Waals surface area contributed by atoms with E-state index >= 15 is 0 Å². The largest absolute Gasteiger partial charge is 0.469 e. The number of ether oxygens (including phenoxy) is 1. The SMILES string of the molecule is COC(=O)C(C)[C@@H](F)C[C@@H](O)CCc1c(-c2ccc(F)cc2)nc(NS(C)(=O)=O)nc1C(C)C. The average molecular weight is 500 g/mol. The highest BCUT2D eigenvalue weighted by molar-refractivity contribution is 7.91. The van der Waals surface area contributed by atoms with Crippen molar-refractivity contribution in [2.75, 3.05) is 18.1 Å². The van der Waals surface area contributed by atoms with Crippen molar-refractivity contribution >= 4 is 21.9 Å². The molecule has 1 aromatic carbocycles. The lowest BCUT2D eigenvalue weighted by Gasteiger charge is -2.21. The summed E-state index contributed by atoms with van der Waals surface area (Å²) < 4.78 is 58.3. The minimum absolute atomic E-state index is 0.120. The van der Waals surface area contributed by atoms with Crippen molar-refractivity contribution in [1.82, 2.24) is 9.97 Å². The summed E-state index contributed by atoms with van der Waals surface area (Å²) in [6.45, 7) is 5.14. The normalized spacial score (nSPS) is 14.5. The Morgan fingerprint density at radius 3 is 2.32 bits per heavy atom. The lowest BCUT2D eigenvalue weighted by molar-refractivity contribution is -0.147. The first kappa shape index (κ1) is 27.6. The molecule has 1 aromatic heterocycles. The molecule has 0 aliphatic heterocycles. The second-order valence-corrected chi connectivity index (χ2v) is 10.3. The van der Waals surface area contributed by atoms with Gasteiger partial charge in [0.25, 0.3) is 0 Å². The number of nitrogens with zero attached hydrogens (tertiary/aromatic N) is 2. The lowest BCUT2D eigenvalue weighted by Crippen LogP contribution is -2.27. The predicted octanol–water partition coefficient (Wildman–Crippen LogP) is 3.61. The highest BCUT2D eigenvalue weighted by Gasteiger charge is 2.27. The number of sulfonamides is 1. The summed E-state index contributed by atoms with van der Waals surface area (Å²) in [7, 11) is -2.47. The molecule has 2 N–H and O–H groups in total. The van der Waals surface area contributed by atoms with Gasteiger partial charge >= 0.3 is 5.97 Å². The lowest BCUT2D eigenvalue weighted by atomic mass is 9.92. The van der Waals surface area contributed by atoms with Gasteiger partial charge in [0.2, 0.25) is 16.0 Å². The first-order valence-electron chi connectivity index (χ1n) is 10.9. The molecule has 0 bridgehead atoms. The maximum Gasteiger partial charge on any atom is 0.311 e. The summed E-state index contributed by atoms with van der Waals surface area (Å²) in [5.74, 6) is -2.40. The monoisotopic (exact) mass is 499 g/mol. The molecule has 0 fully saturated rings. The molecular weight excluding hydrogens is 468 g/mol. The van der Waals surface area contributed by atoms with Crippen LogP contribution >= 0.6 is 0 Å². The molecule has 3 atom stereocenters. The Labute approximate surface area is 198 Å². The van der Waals surface area contributed by atoms with Crippen molar-refractivity contribution in [1.29, 1.82) is 0 Å². The van der Waals surface area contributed by atoms with Gasteiger partial charge < -0.3 is 9.84 Å². The number of aliphatic hydroxyl groups excluding tert-OH is 1. The molecule has 0 saturated heterocycles. The van der Waals surface area contributed by atoms with E-state index in [0.717, 1.165) is 6.26 Å². The molecule has 0 saturated carbocycles. The van der Waals surface area contributed by atoms with Crippen molar-refractivity contribution in [3.63, 3.8) is 0 Å². The maximum atomic E-state index is 14.4. The molecule has 1 heterocycles. The number of hydrogen-bond acceptors (Lipinski definition) is 7. The summed E-state index contributed by atoms with van der Waals surface area (Å²) in [6.07, 6.45) is -1.52. The van der Waals surface area contributed by atoms with Gasteiger partial charge in [-0.15, -0.1) is 0 Å². The van der Waals surface area contributed by atoms with Crippen LogP contribution in [0.4, 0.5) is 14.7 Å². The number of methoxy groups -OCH3 is 1. The molecule has 0 aliphatic rings. The zero-order chi connectivity index (χ0) is 25.6. The van der Waals surface area contributed by atoms with Gasteiger partial charge in [0, 0.05) is 17.5 Å². The molecule has 2 aromatic rings. The molecule has 8 nitrogen and oxygen atoms in total. The van der Waals surface area contributed by atoms with Gasteiger partial charge in [-0.05, 0) is 49.9 Å². The van der Waals surface area contributed by atoms with E-state index < -0.39 is 40.0 Å². The van der Waals surface area contributed by atoms with Gasteiger partial charge in [-0.2, -0.15) is 0 Å². The first-order valence-corrected chi connectivity index (χ1v) is 12.8. The molecule has 0 radical (unpaired) electrons. The fraction of sp³-hybridized carbons (Fsp3) is 0.522. The smallest absolute Gasteiger partial charge is 0.311 e. The van der Waals surface area contributed by atoms with E-state index in [2.05, 4.69) is 19.4 Å². The van der Waals surface area contributed by atoms with Crippen LogP contribution in [-0.4, -0.2) is 55.1 Å². The number of aromatic nitrogens is 2. The van der Waals surface area contributed by atoms with E-state index in [1.807, 2.05) is 13.8 Å². The Kier molecular flexibility index (Phi) is 9.45. The van der Waals surface area contributed by atoms with Crippen LogP contribution in [-0.2, 0) is 26.0 Å². The van der Waals surface area contributed by atoms with Gasteiger partial charge in [0.15, 0.2) is 0 Å². The zero-order valence-corrected chi connectivity index (χ0v) is 20.7. The van der Waals surface area contributed by atoms with E-state index in [-0.39, 0.29) is 31.1 Å². The quantitative estimate of drug-likeness (QED) is 0.454. The van der Waals surface area contributed by atoms with E-state index in [9.17, 15) is 27.1 Å². The summed E-state index contributed by atoms with van der Waals surface area (Å²) in [6, 6.07) is 5.55. The van der Waals surface area contributed by atoms with Crippen molar-refractivity contribution in [2.45, 2.75) is 58.2 Å². The van der Waals surface area contributed by atoms with Crippen LogP contribution < -0.4 is 4.72 Å². The van der Waals surface area contributed by atoms with Gasteiger partial charge in [0.1, 0.15) is 12.0 Å². The van der Waals surface area contributed by atoms with E-state index in [4.69, 9.17) is 0 Å². The van der Waals surface area contributed by atoms with E-state index in [1.54, 1.807) is 0 Å². The van der Waals surface area contributed by atoms with Crippen LogP contribution in [0, 0.1) is 11.7 Å². The first-order chi connectivity index (χ1) is 15.8. The second-order valence-electron chi connectivity index (χ2n) is 8.55. The minimum Gasteiger partial charge on any atom is -0.469 e. The topological polar surface area (TPSA) is 118 Å². The molecule has 0 amide bonds.